The number of hydrogen-bond acceptors (Lipinski definition) is 6. The van der Waals surface area contributed by atoms with E-state index in [0.717, 1.165) is 49.8 Å². The third-order valence-corrected chi connectivity index (χ3v) is 5.98. The van der Waals surface area contributed by atoms with E-state index in [2.05, 4.69) is 4.74 Å². The van der Waals surface area contributed by atoms with E-state index in [1.807, 2.05) is 4.90 Å². The highest BCUT2D eigenvalue weighted by molar-refractivity contribution is 7.90. The normalized spacial score (nSPS) is 14.4. The van der Waals surface area contributed by atoms with Crippen molar-refractivity contribution in [3.63, 3.8) is 0 Å². The van der Waals surface area contributed by atoms with Crippen molar-refractivity contribution in [1.29, 1.82) is 0 Å². The summed E-state index contributed by atoms with van der Waals surface area (Å²) in [5, 5.41) is -0.0346. The van der Waals surface area contributed by atoms with Crippen LogP contribution in [0.4, 0.5) is 23.2 Å². The minimum absolute atomic E-state index is 0.0326. The molecule has 1 aromatic heterocycles. The Morgan fingerprint density at radius 1 is 1.13 bits per heavy atom. The van der Waals surface area contributed by atoms with Crippen LogP contribution in [-0.2, 0) is 10.0 Å². The average Bonchev–Trinajstić information content (AvgIpc) is 3.04. The molecule has 0 unspecified atom stereocenters. The van der Waals surface area contributed by atoms with Gasteiger partial charge in [0, 0.05) is 30.9 Å². The van der Waals surface area contributed by atoms with Crippen LogP contribution in [0.1, 0.15) is 17.0 Å². The Balaban J connectivity index is 1.62. The molecule has 3 aromatic rings. The van der Waals surface area contributed by atoms with Crippen molar-refractivity contribution < 1.29 is 39.9 Å². The van der Waals surface area contributed by atoms with Gasteiger partial charge in [0.15, 0.2) is 5.76 Å². The van der Waals surface area contributed by atoms with Crippen molar-refractivity contribution in [2.45, 2.75) is 17.7 Å². The summed E-state index contributed by atoms with van der Waals surface area (Å²) in [7, 11) is -4.76. The van der Waals surface area contributed by atoms with E-state index in [1.165, 1.54) is 12.1 Å². The van der Waals surface area contributed by atoms with Crippen molar-refractivity contribution in [2.24, 2.45) is 0 Å². The first-order valence-corrected chi connectivity index (χ1v) is 10.4. The molecule has 1 amide bonds. The second-order valence-electron chi connectivity index (χ2n) is 6.72. The highest BCUT2D eigenvalue weighted by Crippen LogP contribution is 2.31. The van der Waals surface area contributed by atoms with Crippen LogP contribution in [0.15, 0.2) is 51.8 Å². The third kappa shape index (κ3) is 4.29. The number of rotatable bonds is 5. The maximum Gasteiger partial charge on any atom is 0.573 e. The molecule has 2 heterocycles. The zero-order chi connectivity index (χ0) is 22.4. The van der Waals surface area contributed by atoms with Gasteiger partial charge in [-0.2, -0.15) is 0 Å². The van der Waals surface area contributed by atoms with Gasteiger partial charge in [-0.25, -0.2) is 17.5 Å². The number of amides is 1. The molecule has 1 aliphatic heterocycles. The first-order valence-electron chi connectivity index (χ1n) is 8.93. The summed E-state index contributed by atoms with van der Waals surface area (Å²) in [6.07, 6.45) is -4.18. The van der Waals surface area contributed by atoms with Crippen molar-refractivity contribution in [2.75, 3.05) is 18.0 Å². The molecule has 0 radical (unpaired) electrons. The van der Waals surface area contributed by atoms with Crippen LogP contribution in [0.25, 0.3) is 11.0 Å². The number of nitrogens with one attached hydrogen (secondary N) is 1. The minimum Gasteiger partial charge on any atom is -0.451 e. The van der Waals surface area contributed by atoms with Crippen molar-refractivity contribution in [3.05, 3.63) is 54.0 Å². The molecular weight excluding hydrogens is 444 g/mol. The lowest BCUT2D eigenvalue weighted by molar-refractivity contribution is -0.275. The van der Waals surface area contributed by atoms with Gasteiger partial charge >= 0.3 is 12.3 Å². The number of sulfonamides is 1. The molecule has 0 aliphatic carbocycles. The van der Waals surface area contributed by atoms with Crippen molar-refractivity contribution in [3.8, 4) is 5.75 Å². The van der Waals surface area contributed by atoms with E-state index in [1.54, 1.807) is 4.72 Å². The minimum atomic E-state index is -5.14. The number of benzene rings is 2. The Morgan fingerprint density at radius 2 is 1.84 bits per heavy atom. The van der Waals surface area contributed by atoms with Crippen molar-refractivity contribution in [1.82, 2.24) is 4.72 Å². The zero-order valence-electron chi connectivity index (χ0n) is 15.6. The molecule has 2 aromatic carbocycles. The standard InChI is InChI=1S/C19H14F4N2O5S/c20-13-8-11(25-6-3-7-25)9-15-12(13)10-16(29-15)18(26)24-31(27,28)17-5-2-1-4-14(17)30-19(21,22)23/h1-2,4-5,8-10H,3,6-7H2,(H,24,26). The second-order valence-corrected chi connectivity index (χ2v) is 8.37. The van der Waals surface area contributed by atoms with Crippen LogP contribution in [0.5, 0.6) is 5.75 Å². The molecule has 0 spiro atoms. The quantitative estimate of drug-likeness (QED) is 0.586. The Bertz CT molecular complexity index is 1270. The lowest BCUT2D eigenvalue weighted by Gasteiger charge is -2.33. The zero-order valence-corrected chi connectivity index (χ0v) is 16.4. The fraction of sp³-hybridized carbons (Fsp3) is 0.211. The van der Waals surface area contributed by atoms with E-state index in [0.29, 0.717) is 5.69 Å². The van der Waals surface area contributed by atoms with E-state index >= 15 is 0 Å². The highest BCUT2D eigenvalue weighted by Gasteiger charge is 2.34. The lowest BCUT2D eigenvalue weighted by Crippen LogP contribution is -2.36. The highest BCUT2D eigenvalue weighted by atomic mass is 32.2. The number of nitrogens with zero attached hydrogens (tertiary/aromatic N) is 1. The van der Waals surface area contributed by atoms with Crippen LogP contribution in [-0.4, -0.2) is 33.8 Å². The first kappa shape index (κ1) is 21.0. The van der Waals surface area contributed by atoms with Gasteiger partial charge in [0.25, 0.3) is 10.0 Å². The molecular formula is C19H14F4N2O5S. The molecule has 0 saturated carbocycles. The van der Waals surface area contributed by atoms with E-state index in [4.69, 9.17) is 4.42 Å². The summed E-state index contributed by atoms with van der Waals surface area (Å²) in [5.74, 6) is -3.46. The SMILES string of the molecule is O=C(NS(=O)(=O)c1ccccc1OC(F)(F)F)c1cc2c(F)cc(N3CCC3)cc2o1. The number of ether oxygens (including phenoxy) is 1. The number of alkyl halides is 3. The Labute approximate surface area is 173 Å². The molecule has 1 saturated heterocycles. The van der Waals surface area contributed by atoms with E-state index in [9.17, 15) is 30.8 Å². The molecule has 31 heavy (non-hydrogen) atoms. The fourth-order valence-corrected chi connectivity index (χ4v) is 4.15. The van der Waals surface area contributed by atoms with Gasteiger partial charge in [-0.3, -0.25) is 4.79 Å². The monoisotopic (exact) mass is 458 g/mol. The Hall–Kier alpha value is -3.28. The summed E-state index contributed by atoms with van der Waals surface area (Å²) in [6.45, 7) is 1.49. The predicted molar refractivity (Wildman–Crippen MR) is 101 cm³/mol. The number of para-hydroxylation sites is 1. The summed E-state index contributed by atoms with van der Waals surface area (Å²) in [4.78, 5) is 13.4. The molecule has 0 bridgehead atoms. The maximum atomic E-state index is 14.4. The summed E-state index contributed by atoms with van der Waals surface area (Å²) in [6, 6.07) is 7.76. The second kappa shape index (κ2) is 7.45. The van der Waals surface area contributed by atoms with Crippen LogP contribution in [0, 0.1) is 5.82 Å². The molecule has 1 fully saturated rings. The molecule has 7 nitrogen and oxygen atoms in total. The largest absolute Gasteiger partial charge is 0.573 e. The van der Waals surface area contributed by atoms with Crippen LogP contribution >= 0.6 is 0 Å². The molecule has 12 heteroatoms. The number of anilines is 1. The number of carbonyl (C=O) groups is 1. The van der Waals surface area contributed by atoms with Gasteiger partial charge < -0.3 is 14.1 Å². The van der Waals surface area contributed by atoms with E-state index < -0.39 is 44.5 Å². The van der Waals surface area contributed by atoms with Gasteiger partial charge in [-0.1, -0.05) is 12.1 Å². The topological polar surface area (TPSA) is 88.8 Å². The molecule has 0 atom stereocenters. The maximum absolute atomic E-state index is 14.4. The average molecular weight is 458 g/mol. The molecule has 1 aliphatic rings. The number of hydrogen-bond donors (Lipinski definition) is 1. The van der Waals surface area contributed by atoms with Gasteiger partial charge in [-0.15, -0.1) is 13.2 Å². The van der Waals surface area contributed by atoms with Crippen LogP contribution in [0.2, 0.25) is 0 Å². The Kier molecular flexibility index (Phi) is 5.04. The van der Waals surface area contributed by atoms with Gasteiger partial charge in [-0.05, 0) is 24.6 Å². The smallest absolute Gasteiger partial charge is 0.451 e. The van der Waals surface area contributed by atoms with Crippen LogP contribution < -0.4 is 14.4 Å². The molecule has 1 N–H and O–H groups in total. The molecule has 164 valence electrons. The van der Waals surface area contributed by atoms with Gasteiger partial charge in [0.1, 0.15) is 22.0 Å². The van der Waals surface area contributed by atoms with Gasteiger partial charge in [0.05, 0.1) is 5.39 Å². The number of fused-ring (bicyclic) bond motifs is 1. The van der Waals surface area contributed by atoms with Crippen molar-refractivity contribution >= 4 is 32.6 Å². The fourth-order valence-electron chi connectivity index (χ4n) is 3.06. The summed E-state index contributed by atoms with van der Waals surface area (Å²) < 4.78 is 87.7. The van der Waals surface area contributed by atoms with E-state index in [-0.39, 0.29) is 11.0 Å². The predicted octanol–water partition coefficient (Wildman–Crippen LogP) is 3.80. The molecule has 4 rings (SSSR count). The first-order chi connectivity index (χ1) is 14.5. The van der Waals surface area contributed by atoms with Crippen LogP contribution in [0.3, 0.4) is 0 Å². The lowest BCUT2D eigenvalue weighted by atomic mass is 10.1. The summed E-state index contributed by atoms with van der Waals surface area (Å²) >= 11 is 0. The summed E-state index contributed by atoms with van der Waals surface area (Å²) in [5.41, 5.74) is 0.591. The number of carbonyl (C=O) groups excluding carboxylic acids is 1. The third-order valence-electron chi connectivity index (χ3n) is 4.61. The number of furan rings is 1. The van der Waals surface area contributed by atoms with Gasteiger partial charge in [0.2, 0.25) is 0 Å². The number of halogens is 4. The Morgan fingerprint density at radius 3 is 2.48 bits per heavy atom.